The Kier molecular flexibility index (Phi) is 6.35. The Bertz CT molecular complexity index is 1480. The van der Waals surface area contributed by atoms with Crippen LogP contribution in [0.5, 0.6) is 0 Å². The van der Waals surface area contributed by atoms with E-state index in [-0.39, 0.29) is 23.9 Å². The van der Waals surface area contributed by atoms with Gasteiger partial charge < -0.3 is 11.1 Å². The largest absolute Gasteiger partial charge is 0.383 e. The van der Waals surface area contributed by atoms with Crippen LogP contribution in [0, 0.1) is 19.3 Å². The van der Waals surface area contributed by atoms with E-state index in [0.717, 1.165) is 36.1 Å². The fourth-order valence-corrected chi connectivity index (χ4v) is 5.16. The van der Waals surface area contributed by atoms with Gasteiger partial charge in [0.15, 0.2) is 10.8 Å². The zero-order chi connectivity index (χ0) is 25.2. The van der Waals surface area contributed by atoms with Gasteiger partial charge in [-0.2, -0.15) is 5.10 Å². The van der Waals surface area contributed by atoms with Crippen molar-refractivity contribution in [2.24, 2.45) is 0 Å². The van der Waals surface area contributed by atoms with Crippen molar-refractivity contribution in [3.05, 3.63) is 47.2 Å². The number of fused-ring (bicyclic) bond motifs is 1. The number of amides is 2. The summed E-state index contributed by atoms with van der Waals surface area (Å²) in [6, 6.07) is 7.32. The number of hydrogen-bond acceptors (Lipinski definition) is 8. The van der Waals surface area contributed by atoms with Crippen LogP contribution >= 0.6 is 11.3 Å². The predicted octanol–water partition coefficient (Wildman–Crippen LogP) is 3.33. The minimum Gasteiger partial charge on any atom is -0.383 e. The van der Waals surface area contributed by atoms with Crippen LogP contribution in [0.2, 0.25) is 0 Å². The molecule has 4 N–H and O–H groups in total. The minimum absolute atomic E-state index is 0.0535. The van der Waals surface area contributed by atoms with E-state index in [2.05, 4.69) is 31.5 Å². The number of anilines is 2. The maximum atomic E-state index is 12.6. The fraction of sp³-hybridized carbons (Fsp3) is 0.280. The van der Waals surface area contributed by atoms with Crippen LogP contribution in [0.15, 0.2) is 36.8 Å². The molecule has 10 nitrogen and oxygen atoms in total. The molecule has 0 atom stereocenters. The molecule has 3 aromatic heterocycles. The number of benzene rings is 1. The lowest BCUT2D eigenvalue weighted by Gasteiger charge is -2.28. The summed E-state index contributed by atoms with van der Waals surface area (Å²) < 4.78 is 1.91. The van der Waals surface area contributed by atoms with Gasteiger partial charge in [0.2, 0.25) is 0 Å². The van der Waals surface area contributed by atoms with Gasteiger partial charge in [0.05, 0.1) is 11.4 Å². The molecule has 0 bridgehead atoms. The minimum atomic E-state index is -0.385. The Morgan fingerprint density at radius 3 is 2.56 bits per heavy atom. The zero-order valence-corrected chi connectivity index (χ0v) is 20.4. The molecule has 0 aliphatic heterocycles. The number of carbonyl (C=O) groups is 2. The standard InChI is InChI=1S/C25H24N8O2S/c1-3-19(34)30-17-8-10-18(11-9-17)33-23-20(22(26)28-13-29-23)21(32-33)15-4-6-16(7-5-15)24(35)31-25-27-12-14(2)36-25/h1,4-7,12-13,17-18H,8-11H2,2H3,(H,30,34)(H2,26,28,29)(H,27,31,35). The van der Waals surface area contributed by atoms with Crippen LogP contribution in [-0.4, -0.2) is 42.6 Å². The number of thiazole rings is 1. The molecule has 11 heteroatoms. The molecule has 182 valence electrons. The highest BCUT2D eigenvalue weighted by Crippen LogP contribution is 2.36. The Hall–Kier alpha value is -4.30. The average Bonchev–Trinajstić information content (AvgIpc) is 3.48. The normalized spacial score (nSPS) is 17.4. The molecule has 36 heavy (non-hydrogen) atoms. The Morgan fingerprint density at radius 2 is 1.89 bits per heavy atom. The summed E-state index contributed by atoms with van der Waals surface area (Å²) in [7, 11) is 0. The third-order valence-corrected chi connectivity index (χ3v) is 7.12. The lowest BCUT2D eigenvalue weighted by molar-refractivity contribution is -0.116. The van der Waals surface area contributed by atoms with Crippen LogP contribution in [0.4, 0.5) is 10.9 Å². The highest BCUT2D eigenvalue weighted by atomic mass is 32.1. The zero-order valence-electron chi connectivity index (χ0n) is 19.6. The van der Waals surface area contributed by atoms with E-state index in [1.54, 1.807) is 18.3 Å². The molecule has 1 aromatic carbocycles. The smallest absolute Gasteiger partial charge is 0.295 e. The summed E-state index contributed by atoms with van der Waals surface area (Å²) >= 11 is 1.42. The number of nitrogens with two attached hydrogens (primary N) is 1. The summed E-state index contributed by atoms with van der Waals surface area (Å²) in [5.41, 5.74) is 8.89. The molecule has 1 aliphatic carbocycles. The predicted molar refractivity (Wildman–Crippen MR) is 138 cm³/mol. The van der Waals surface area contributed by atoms with E-state index < -0.39 is 0 Å². The first-order chi connectivity index (χ1) is 17.4. The summed E-state index contributed by atoms with van der Waals surface area (Å²) in [5, 5.41) is 11.8. The van der Waals surface area contributed by atoms with Gasteiger partial charge >= 0.3 is 0 Å². The second kappa shape index (κ2) is 9.75. The maximum Gasteiger partial charge on any atom is 0.295 e. The van der Waals surface area contributed by atoms with E-state index in [4.69, 9.17) is 17.3 Å². The highest BCUT2D eigenvalue weighted by Gasteiger charge is 2.27. The number of nitrogens with one attached hydrogen (secondary N) is 2. The maximum absolute atomic E-state index is 12.6. The van der Waals surface area contributed by atoms with Gasteiger partial charge in [-0.05, 0) is 50.7 Å². The van der Waals surface area contributed by atoms with Gasteiger partial charge in [-0.25, -0.2) is 19.6 Å². The molecule has 4 aromatic rings. The summed E-state index contributed by atoms with van der Waals surface area (Å²) in [6.45, 7) is 1.93. The van der Waals surface area contributed by atoms with Gasteiger partial charge in [-0.1, -0.05) is 12.1 Å². The molecule has 0 spiro atoms. The molecule has 0 radical (unpaired) electrons. The van der Waals surface area contributed by atoms with E-state index in [1.807, 2.05) is 23.7 Å². The van der Waals surface area contributed by atoms with E-state index in [1.165, 1.54) is 17.7 Å². The quantitative estimate of drug-likeness (QED) is 0.357. The van der Waals surface area contributed by atoms with Gasteiger partial charge in [0, 0.05) is 28.2 Å². The summed E-state index contributed by atoms with van der Waals surface area (Å²) in [4.78, 5) is 38.0. The molecule has 1 aliphatic rings. The third-order valence-electron chi connectivity index (χ3n) is 6.29. The van der Waals surface area contributed by atoms with Crippen LogP contribution in [-0.2, 0) is 4.79 Å². The van der Waals surface area contributed by atoms with Crippen molar-refractivity contribution in [1.29, 1.82) is 0 Å². The van der Waals surface area contributed by atoms with E-state index in [0.29, 0.717) is 33.2 Å². The van der Waals surface area contributed by atoms with Crippen LogP contribution < -0.4 is 16.4 Å². The van der Waals surface area contributed by atoms with Crippen molar-refractivity contribution >= 4 is 45.1 Å². The van der Waals surface area contributed by atoms with Crippen LogP contribution in [0.1, 0.15) is 47.0 Å². The molecule has 0 saturated heterocycles. The number of aryl methyl sites for hydroxylation is 1. The lowest BCUT2D eigenvalue weighted by Crippen LogP contribution is -2.37. The van der Waals surface area contributed by atoms with Crippen molar-refractivity contribution in [3.8, 4) is 23.6 Å². The van der Waals surface area contributed by atoms with Crippen LogP contribution in [0.3, 0.4) is 0 Å². The molecule has 5 rings (SSSR count). The summed E-state index contributed by atoms with van der Waals surface area (Å²) in [6.07, 6.45) is 11.5. The monoisotopic (exact) mass is 500 g/mol. The van der Waals surface area contributed by atoms with E-state index >= 15 is 0 Å². The topological polar surface area (TPSA) is 141 Å². The SMILES string of the molecule is C#CC(=O)NC1CCC(n2nc(-c3ccc(C(=O)Nc4ncc(C)s4)cc3)c3c(N)ncnc32)CC1. The van der Waals surface area contributed by atoms with Gasteiger partial charge in [-0.15, -0.1) is 17.8 Å². The fourth-order valence-electron chi connectivity index (χ4n) is 4.51. The number of hydrogen-bond donors (Lipinski definition) is 3. The number of nitrogens with zero attached hydrogens (tertiary/aromatic N) is 5. The average molecular weight is 501 g/mol. The van der Waals surface area contributed by atoms with E-state index in [9.17, 15) is 9.59 Å². The van der Waals surface area contributed by atoms with Gasteiger partial charge in [0.25, 0.3) is 11.8 Å². The van der Waals surface area contributed by atoms with Gasteiger partial charge in [0.1, 0.15) is 17.8 Å². The number of carbonyl (C=O) groups excluding carboxylic acids is 2. The highest BCUT2D eigenvalue weighted by molar-refractivity contribution is 7.15. The summed E-state index contributed by atoms with van der Waals surface area (Å²) in [5.74, 6) is 1.83. The van der Waals surface area contributed by atoms with Crippen molar-refractivity contribution in [3.63, 3.8) is 0 Å². The Balaban J connectivity index is 1.40. The first kappa shape index (κ1) is 23.4. The number of terminal acetylenes is 1. The molecule has 3 heterocycles. The number of rotatable bonds is 5. The second-order valence-electron chi connectivity index (χ2n) is 8.68. The van der Waals surface area contributed by atoms with Crippen LogP contribution in [0.25, 0.3) is 22.3 Å². The van der Waals surface area contributed by atoms with Crippen molar-refractivity contribution < 1.29 is 9.59 Å². The Morgan fingerprint density at radius 1 is 1.14 bits per heavy atom. The van der Waals surface area contributed by atoms with Gasteiger partial charge in [-0.3, -0.25) is 14.9 Å². The van der Waals surface area contributed by atoms with Crippen molar-refractivity contribution in [1.82, 2.24) is 30.0 Å². The molecule has 2 amide bonds. The molecule has 0 unspecified atom stereocenters. The molecular formula is C25H24N8O2S. The van der Waals surface area contributed by atoms with Crippen molar-refractivity contribution in [2.75, 3.05) is 11.1 Å². The first-order valence-corrected chi connectivity index (χ1v) is 12.3. The third kappa shape index (κ3) is 4.63. The number of aromatic nitrogens is 5. The Labute approximate surface area is 211 Å². The number of nitrogen functional groups attached to an aromatic ring is 1. The lowest BCUT2D eigenvalue weighted by atomic mass is 9.91. The first-order valence-electron chi connectivity index (χ1n) is 11.5. The molecular weight excluding hydrogens is 476 g/mol. The second-order valence-corrected chi connectivity index (χ2v) is 9.92. The molecule has 1 fully saturated rings. The van der Waals surface area contributed by atoms with Crippen molar-refractivity contribution in [2.45, 2.75) is 44.7 Å². The molecule has 1 saturated carbocycles.